The second-order valence-corrected chi connectivity index (χ2v) is 5.48. The van der Waals surface area contributed by atoms with Crippen LogP contribution in [-0.2, 0) is 19.1 Å². The molecule has 2 N–H and O–H groups in total. The molecule has 1 aromatic carbocycles. The molecule has 142 valence electrons. The molecule has 0 saturated heterocycles. The van der Waals surface area contributed by atoms with Crippen molar-refractivity contribution >= 4 is 24.1 Å². The average molecular weight is 366 g/mol. The van der Waals surface area contributed by atoms with Crippen LogP contribution in [0.5, 0.6) is 11.5 Å². The molecule has 1 rings (SSSR count). The summed E-state index contributed by atoms with van der Waals surface area (Å²) in [6, 6.07) is 4.41. The van der Waals surface area contributed by atoms with Crippen LogP contribution in [0.15, 0.2) is 18.2 Å². The van der Waals surface area contributed by atoms with Gasteiger partial charge in [0, 0.05) is 11.6 Å². The number of ether oxygens (including phenoxy) is 3. The molecule has 2 amide bonds. The molecule has 9 nitrogen and oxygen atoms in total. The van der Waals surface area contributed by atoms with Crippen molar-refractivity contribution in [1.82, 2.24) is 10.6 Å². The van der Waals surface area contributed by atoms with Crippen LogP contribution < -0.4 is 20.1 Å². The van der Waals surface area contributed by atoms with Gasteiger partial charge >= 0.3 is 5.97 Å². The Bertz CT molecular complexity index is 659. The molecule has 1 aromatic rings. The summed E-state index contributed by atoms with van der Waals surface area (Å²) < 4.78 is 15.1. The number of hydrogen-bond acceptors (Lipinski definition) is 7. The van der Waals surface area contributed by atoms with Gasteiger partial charge in [0.15, 0.2) is 24.7 Å². The molecule has 0 aromatic heterocycles. The van der Waals surface area contributed by atoms with Crippen LogP contribution in [0, 0.1) is 0 Å². The SMILES string of the molecule is COc1cc(C=O)ccc1OCC(=O)OCC(=O)NCC(=O)NC(C)C. The van der Waals surface area contributed by atoms with Crippen molar-refractivity contribution in [3.63, 3.8) is 0 Å². The lowest BCUT2D eigenvalue weighted by Gasteiger charge is -2.11. The van der Waals surface area contributed by atoms with Crippen LogP contribution >= 0.6 is 0 Å². The highest BCUT2D eigenvalue weighted by molar-refractivity contribution is 5.86. The van der Waals surface area contributed by atoms with Crippen LogP contribution in [0.2, 0.25) is 0 Å². The predicted octanol–water partition coefficient (Wildman–Crippen LogP) is 0.0705. The fourth-order valence-electron chi connectivity index (χ4n) is 1.80. The molecule has 0 unspecified atom stereocenters. The van der Waals surface area contributed by atoms with E-state index >= 15 is 0 Å². The van der Waals surface area contributed by atoms with Crippen molar-refractivity contribution in [2.75, 3.05) is 26.9 Å². The van der Waals surface area contributed by atoms with Crippen molar-refractivity contribution in [3.8, 4) is 11.5 Å². The Morgan fingerprint density at radius 2 is 1.85 bits per heavy atom. The normalized spacial score (nSPS) is 10.0. The molecule has 0 saturated carbocycles. The Hall–Kier alpha value is -3.10. The highest BCUT2D eigenvalue weighted by Gasteiger charge is 2.12. The molecule has 26 heavy (non-hydrogen) atoms. The molecular formula is C17H22N2O7. The van der Waals surface area contributed by atoms with Gasteiger partial charge in [0.25, 0.3) is 5.91 Å². The Labute approximate surface area is 151 Å². The third-order valence-electron chi connectivity index (χ3n) is 2.93. The fraction of sp³-hybridized carbons (Fsp3) is 0.412. The van der Waals surface area contributed by atoms with Gasteiger partial charge in [-0.2, -0.15) is 0 Å². The highest BCUT2D eigenvalue weighted by Crippen LogP contribution is 2.27. The van der Waals surface area contributed by atoms with E-state index in [1.54, 1.807) is 13.8 Å². The quantitative estimate of drug-likeness (QED) is 0.444. The van der Waals surface area contributed by atoms with Gasteiger partial charge < -0.3 is 24.8 Å². The summed E-state index contributed by atoms with van der Waals surface area (Å²) in [6.07, 6.45) is 0.653. The number of aldehydes is 1. The maximum absolute atomic E-state index is 11.6. The number of methoxy groups -OCH3 is 1. The lowest BCUT2D eigenvalue weighted by molar-refractivity contribution is -0.150. The van der Waals surface area contributed by atoms with Gasteiger partial charge in [-0.3, -0.25) is 14.4 Å². The number of rotatable bonds is 10. The summed E-state index contributed by atoms with van der Waals surface area (Å²) in [5, 5.41) is 4.93. The van der Waals surface area contributed by atoms with Crippen LogP contribution in [-0.4, -0.2) is 57.0 Å². The summed E-state index contributed by atoms with van der Waals surface area (Å²) in [4.78, 5) is 45.2. The Balaban J connectivity index is 2.35. The van der Waals surface area contributed by atoms with E-state index < -0.39 is 25.1 Å². The average Bonchev–Trinajstić information content (AvgIpc) is 2.62. The predicted molar refractivity (Wildman–Crippen MR) is 91.1 cm³/mol. The second-order valence-electron chi connectivity index (χ2n) is 5.48. The molecule has 0 radical (unpaired) electrons. The van der Waals surface area contributed by atoms with Gasteiger partial charge in [-0.15, -0.1) is 0 Å². The minimum Gasteiger partial charge on any atom is -0.493 e. The third kappa shape index (κ3) is 7.65. The van der Waals surface area contributed by atoms with Gasteiger partial charge in [0.1, 0.15) is 6.29 Å². The molecule has 0 heterocycles. The Morgan fingerprint density at radius 1 is 1.12 bits per heavy atom. The fourth-order valence-corrected chi connectivity index (χ4v) is 1.80. The van der Waals surface area contributed by atoms with Gasteiger partial charge in [-0.1, -0.05) is 0 Å². The Morgan fingerprint density at radius 3 is 2.46 bits per heavy atom. The zero-order chi connectivity index (χ0) is 19.5. The van der Waals surface area contributed by atoms with Crippen LogP contribution in [0.4, 0.5) is 0 Å². The van der Waals surface area contributed by atoms with E-state index in [0.29, 0.717) is 11.8 Å². The van der Waals surface area contributed by atoms with Crippen molar-refractivity contribution in [2.24, 2.45) is 0 Å². The van der Waals surface area contributed by atoms with Gasteiger partial charge in [-0.05, 0) is 32.0 Å². The first-order chi connectivity index (χ1) is 12.3. The lowest BCUT2D eigenvalue weighted by atomic mass is 10.2. The molecule has 0 aliphatic carbocycles. The maximum atomic E-state index is 11.6. The standard InChI is InChI=1S/C17H22N2O7/c1-11(2)19-15(21)7-18-16(22)9-26-17(23)10-25-13-5-4-12(8-20)6-14(13)24-3/h4-6,8,11H,7,9-10H2,1-3H3,(H,18,22)(H,19,21). The molecule has 0 spiro atoms. The summed E-state index contributed by atoms with van der Waals surface area (Å²) in [5.41, 5.74) is 0.398. The monoisotopic (exact) mass is 366 g/mol. The highest BCUT2D eigenvalue weighted by atomic mass is 16.6. The van der Waals surface area contributed by atoms with E-state index in [1.165, 1.54) is 25.3 Å². The summed E-state index contributed by atoms with van der Waals surface area (Å²) in [7, 11) is 1.40. The first-order valence-electron chi connectivity index (χ1n) is 7.83. The van der Waals surface area contributed by atoms with Crippen molar-refractivity contribution in [3.05, 3.63) is 23.8 Å². The molecule has 0 aliphatic rings. The van der Waals surface area contributed by atoms with E-state index in [1.807, 2.05) is 0 Å². The molecular weight excluding hydrogens is 344 g/mol. The second kappa shape index (κ2) is 10.7. The van der Waals surface area contributed by atoms with E-state index in [-0.39, 0.29) is 30.0 Å². The van der Waals surface area contributed by atoms with E-state index in [0.717, 1.165) is 0 Å². The van der Waals surface area contributed by atoms with Crippen LogP contribution in [0.25, 0.3) is 0 Å². The first-order valence-corrected chi connectivity index (χ1v) is 7.83. The topological polar surface area (TPSA) is 120 Å². The molecule has 0 fully saturated rings. The van der Waals surface area contributed by atoms with Gasteiger partial charge in [-0.25, -0.2) is 4.79 Å². The number of carbonyl (C=O) groups is 4. The summed E-state index contributed by atoms with van der Waals surface area (Å²) in [5.74, 6) is -1.17. The number of esters is 1. The van der Waals surface area contributed by atoms with Crippen molar-refractivity contribution in [2.45, 2.75) is 19.9 Å². The summed E-state index contributed by atoms with van der Waals surface area (Å²) in [6.45, 7) is 2.41. The smallest absolute Gasteiger partial charge is 0.344 e. The number of nitrogens with one attached hydrogen (secondary N) is 2. The molecule has 9 heteroatoms. The summed E-state index contributed by atoms with van der Waals surface area (Å²) >= 11 is 0. The molecule has 0 aliphatic heterocycles. The van der Waals surface area contributed by atoms with E-state index in [9.17, 15) is 19.2 Å². The molecule has 0 atom stereocenters. The first kappa shape index (κ1) is 20.9. The maximum Gasteiger partial charge on any atom is 0.344 e. The number of amides is 2. The van der Waals surface area contributed by atoms with Crippen LogP contribution in [0.1, 0.15) is 24.2 Å². The van der Waals surface area contributed by atoms with E-state index in [2.05, 4.69) is 10.6 Å². The van der Waals surface area contributed by atoms with Crippen molar-refractivity contribution < 1.29 is 33.4 Å². The van der Waals surface area contributed by atoms with E-state index in [4.69, 9.17) is 14.2 Å². The zero-order valence-electron chi connectivity index (χ0n) is 14.9. The Kier molecular flexibility index (Phi) is 8.62. The number of benzene rings is 1. The number of carbonyl (C=O) groups excluding carboxylic acids is 4. The minimum absolute atomic E-state index is 0.0352. The van der Waals surface area contributed by atoms with Gasteiger partial charge in [0.2, 0.25) is 5.91 Å². The molecule has 0 bridgehead atoms. The van der Waals surface area contributed by atoms with Gasteiger partial charge in [0.05, 0.1) is 13.7 Å². The minimum atomic E-state index is -0.770. The lowest BCUT2D eigenvalue weighted by Crippen LogP contribution is -2.41. The van der Waals surface area contributed by atoms with Crippen LogP contribution in [0.3, 0.4) is 0 Å². The zero-order valence-corrected chi connectivity index (χ0v) is 14.9. The number of hydrogen-bond donors (Lipinski definition) is 2. The van der Waals surface area contributed by atoms with Crippen molar-refractivity contribution in [1.29, 1.82) is 0 Å². The third-order valence-corrected chi connectivity index (χ3v) is 2.93. The largest absolute Gasteiger partial charge is 0.493 e.